The first kappa shape index (κ1) is 54.1. The Hall–Kier alpha value is -0.860. The van der Waals surface area contributed by atoms with Gasteiger partial charge in [-0.1, -0.05) is 290 Å². The summed E-state index contributed by atoms with van der Waals surface area (Å²) in [5.74, 6) is 0.246. The maximum absolute atomic E-state index is 12.0. The lowest BCUT2D eigenvalue weighted by Gasteiger charge is -2.05. The van der Waals surface area contributed by atoms with Crippen LogP contribution in [0.3, 0.4) is 0 Å². The second-order valence-electron chi connectivity index (χ2n) is 18.4. The predicted octanol–water partition coefficient (Wildman–Crippen LogP) is 18.7. The van der Waals surface area contributed by atoms with E-state index in [1.165, 1.54) is 257 Å². The van der Waals surface area contributed by atoms with E-state index in [4.69, 9.17) is 4.74 Å². The summed E-state index contributed by atoms with van der Waals surface area (Å²) in [4.78, 5) is 24.0. The molecule has 0 rings (SSSR count). The number of ether oxygens (including phenoxy) is 1. The number of rotatable bonds is 47. The Labute approximate surface area is 347 Å². The lowest BCUT2D eigenvalue weighted by Crippen LogP contribution is -2.11. The molecule has 0 fully saturated rings. The molecule has 0 spiro atoms. The molecular weight excluding hydrogens is 673 g/mol. The highest BCUT2D eigenvalue weighted by atomic mass is 16.6. The van der Waals surface area contributed by atoms with Gasteiger partial charge >= 0.3 is 11.9 Å². The first-order valence-electron chi connectivity index (χ1n) is 25.8. The fourth-order valence-electron chi connectivity index (χ4n) is 8.29. The molecule has 0 unspecified atom stereocenters. The number of carbonyl (C=O) groups is 2. The van der Waals surface area contributed by atoms with Crippen LogP contribution >= 0.6 is 0 Å². The monoisotopic (exact) mass is 775 g/mol. The van der Waals surface area contributed by atoms with E-state index in [-0.39, 0.29) is 11.9 Å². The van der Waals surface area contributed by atoms with Gasteiger partial charge in [0.1, 0.15) is 0 Å². The highest BCUT2D eigenvalue weighted by molar-refractivity contribution is 5.85. The molecule has 0 saturated heterocycles. The van der Waals surface area contributed by atoms with Gasteiger partial charge in [-0.05, 0) is 18.8 Å². The second kappa shape index (κ2) is 47.5. The van der Waals surface area contributed by atoms with Crippen LogP contribution in [0.4, 0.5) is 0 Å². The molecule has 0 bridgehead atoms. The van der Waals surface area contributed by atoms with Gasteiger partial charge in [-0.3, -0.25) is 9.59 Å². The van der Waals surface area contributed by atoms with Gasteiger partial charge < -0.3 is 4.74 Å². The molecule has 0 atom stereocenters. The van der Waals surface area contributed by atoms with Crippen molar-refractivity contribution in [2.45, 2.75) is 316 Å². The van der Waals surface area contributed by atoms with Gasteiger partial charge in [0.05, 0.1) is 0 Å². The van der Waals surface area contributed by atoms with Crippen molar-refractivity contribution in [3.05, 3.63) is 0 Å². The Morgan fingerprint density at radius 3 is 0.673 bits per heavy atom. The number of unbranched alkanes of at least 4 members (excludes halogenated alkanes) is 41. The van der Waals surface area contributed by atoms with Crippen molar-refractivity contribution in [2.24, 2.45) is 5.92 Å². The molecule has 0 aliphatic heterocycles. The Morgan fingerprint density at radius 1 is 0.291 bits per heavy atom. The molecule has 0 aliphatic rings. The highest BCUT2D eigenvalue weighted by Crippen LogP contribution is 2.18. The normalized spacial score (nSPS) is 11.6. The van der Waals surface area contributed by atoms with Gasteiger partial charge in [0, 0.05) is 12.8 Å². The van der Waals surface area contributed by atoms with E-state index >= 15 is 0 Å². The van der Waals surface area contributed by atoms with E-state index in [0.717, 1.165) is 31.6 Å². The zero-order chi connectivity index (χ0) is 40.0. The number of hydrogen-bond acceptors (Lipinski definition) is 3. The minimum atomic E-state index is -0.319. The number of carbonyl (C=O) groups excluding carboxylic acids is 2. The SMILES string of the molecule is CCCCCCCCCCCCCCCCCC(=O)OC(=O)CCCCCCCCCCCCCCCCCCCCCCCCCCCCCCC(C)C. The first-order valence-corrected chi connectivity index (χ1v) is 25.8. The van der Waals surface area contributed by atoms with Crippen molar-refractivity contribution in [2.75, 3.05) is 0 Å². The van der Waals surface area contributed by atoms with Crippen molar-refractivity contribution in [3.63, 3.8) is 0 Å². The Balaban J connectivity index is 3.22. The summed E-state index contributed by atoms with van der Waals surface area (Å²) in [6, 6.07) is 0. The lowest BCUT2D eigenvalue weighted by molar-refractivity contribution is -0.159. The average molecular weight is 775 g/mol. The molecule has 3 nitrogen and oxygen atoms in total. The van der Waals surface area contributed by atoms with Crippen LogP contribution in [-0.2, 0) is 14.3 Å². The third-order valence-electron chi connectivity index (χ3n) is 12.1. The molecule has 3 heteroatoms. The molecule has 55 heavy (non-hydrogen) atoms. The molecule has 0 aromatic carbocycles. The molecule has 0 N–H and O–H groups in total. The third kappa shape index (κ3) is 49.2. The van der Waals surface area contributed by atoms with E-state index in [2.05, 4.69) is 20.8 Å². The van der Waals surface area contributed by atoms with Crippen molar-refractivity contribution in [1.29, 1.82) is 0 Å². The van der Waals surface area contributed by atoms with Crippen molar-refractivity contribution in [1.82, 2.24) is 0 Å². The van der Waals surface area contributed by atoms with Crippen LogP contribution < -0.4 is 0 Å². The zero-order valence-corrected chi connectivity index (χ0v) is 38.3. The van der Waals surface area contributed by atoms with Crippen LogP contribution in [0.25, 0.3) is 0 Å². The summed E-state index contributed by atoms with van der Waals surface area (Å²) in [5, 5.41) is 0. The lowest BCUT2D eigenvalue weighted by atomic mass is 10.0. The van der Waals surface area contributed by atoms with Crippen LogP contribution in [0.1, 0.15) is 316 Å². The van der Waals surface area contributed by atoms with E-state index in [1.54, 1.807) is 0 Å². The Kier molecular flexibility index (Phi) is 46.8. The van der Waals surface area contributed by atoms with Gasteiger partial charge in [-0.25, -0.2) is 0 Å². The summed E-state index contributed by atoms with van der Waals surface area (Å²) in [6.07, 6.45) is 60.8. The van der Waals surface area contributed by atoms with Crippen LogP contribution in [0.2, 0.25) is 0 Å². The molecule has 328 valence electrons. The highest BCUT2D eigenvalue weighted by Gasteiger charge is 2.10. The van der Waals surface area contributed by atoms with Crippen LogP contribution in [0, 0.1) is 5.92 Å². The summed E-state index contributed by atoms with van der Waals surface area (Å²) < 4.78 is 5.06. The molecular formula is C52H102O3. The number of hydrogen-bond donors (Lipinski definition) is 0. The van der Waals surface area contributed by atoms with Crippen molar-refractivity contribution < 1.29 is 14.3 Å². The minimum Gasteiger partial charge on any atom is -0.393 e. The standard InChI is InChI=1S/C52H102O3/c1-4-5-6-7-8-9-10-11-26-30-33-36-39-42-45-48-51(53)55-52(54)49-46-43-40-37-34-31-28-25-23-21-19-17-15-13-12-14-16-18-20-22-24-27-29-32-35-38-41-44-47-50(2)3/h50H,4-49H2,1-3H3. The van der Waals surface area contributed by atoms with E-state index in [9.17, 15) is 9.59 Å². The fraction of sp³-hybridized carbons (Fsp3) is 0.962. The molecule has 0 aromatic rings. The topological polar surface area (TPSA) is 43.4 Å². The zero-order valence-electron chi connectivity index (χ0n) is 38.3. The minimum absolute atomic E-state index is 0.318. The molecule has 0 amide bonds. The van der Waals surface area contributed by atoms with Crippen molar-refractivity contribution in [3.8, 4) is 0 Å². The van der Waals surface area contributed by atoms with Gasteiger partial charge in [0.25, 0.3) is 0 Å². The third-order valence-corrected chi connectivity index (χ3v) is 12.1. The summed E-state index contributed by atoms with van der Waals surface area (Å²) in [5.41, 5.74) is 0. The van der Waals surface area contributed by atoms with E-state index in [0.29, 0.717) is 12.8 Å². The van der Waals surface area contributed by atoms with Gasteiger partial charge in [0.2, 0.25) is 0 Å². The summed E-state index contributed by atoms with van der Waals surface area (Å²) in [7, 11) is 0. The van der Waals surface area contributed by atoms with E-state index < -0.39 is 0 Å². The molecule has 0 heterocycles. The van der Waals surface area contributed by atoms with Crippen molar-refractivity contribution >= 4 is 11.9 Å². The van der Waals surface area contributed by atoms with Gasteiger partial charge in [-0.2, -0.15) is 0 Å². The van der Waals surface area contributed by atoms with Crippen LogP contribution in [0.5, 0.6) is 0 Å². The molecule has 0 saturated carbocycles. The summed E-state index contributed by atoms with van der Waals surface area (Å²) in [6.45, 7) is 6.97. The number of esters is 2. The maximum atomic E-state index is 12.0. The molecule has 0 aromatic heterocycles. The van der Waals surface area contributed by atoms with Gasteiger partial charge in [-0.15, -0.1) is 0 Å². The maximum Gasteiger partial charge on any atom is 0.313 e. The quantitative estimate of drug-likeness (QED) is 0.0351. The van der Waals surface area contributed by atoms with Crippen LogP contribution in [0.15, 0.2) is 0 Å². The van der Waals surface area contributed by atoms with Crippen LogP contribution in [-0.4, -0.2) is 11.9 Å². The molecule has 0 aliphatic carbocycles. The van der Waals surface area contributed by atoms with E-state index in [1.807, 2.05) is 0 Å². The fourth-order valence-corrected chi connectivity index (χ4v) is 8.29. The first-order chi connectivity index (χ1) is 27.1. The second-order valence-corrected chi connectivity index (χ2v) is 18.4. The van der Waals surface area contributed by atoms with Gasteiger partial charge in [0.15, 0.2) is 0 Å². The smallest absolute Gasteiger partial charge is 0.313 e. The Morgan fingerprint density at radius 2 is 0.473 bits per heavy atom. The largest absolute Gasteiger partial charge is 0.393 e. The summed E-state index contributed by atoms with van der Waals surface area (Å²) >= 11 is 0. The molecule has 0 radical (unpaired) electrons. The predicted molar refractivity (Wildman–Crippen MR) is 244 cm³/mol. The average Bonchev–Trinajstić information content (AvgIpc) is 3.17. The Bertz CT molecular complexity index is 745.